The third-order valence-electron chi connectivity index (χ3n) is 8.78. The second kappa shape index (κ2) is 13.9. The van der Waals surface area contributed by atoms with Crippen molar-refractivity contribution in [2.45, 2.75) is 96.0 Å². The highest BCUT2D eigenvalue weighted by molar-refractivity contribution is 5.97. The Labute approximate surface area is 283 Å². The highest BCUT2D eigenvalue weighted by Crippen LogP contribution is 2.56. The Morgan fingerprint density at radius 1 is 0.560 bits per heavy atom. The van der Waals surface area contributed by atoms with Crippen LogP contribution in [0.4, 0.5) is 55.3 Å². The molecule has 0 atom stereocenters. The van der Waals surface area contributed by atoms with E-state index in [1.165, 1.54) is 20.8 Å². The van der Waals surface area contributed by atoms with Gasteiger partial charge in [0, 0.05) is 33.5 Å². The first kappa shape index (κ1) is 40.3. The van der Waals surface area contributed by atoms with Crippen molar-refractivity contribution >= 4 is 23.1 Å². The molecule has 3 aromatic rings. The van der Waals surface area contributed by atoms with Crippen LogP contribution in [0.1, 0.15) is 83.1 Å². The van der Waals surface area contributed by atoms with Crippen molar-refractivity contribution in [3.8, 4) is 0 Å². The van der Waals surface area contributed by atoms with Gasteiger partial charge in [-0.15, -0.1) is 0 Å². The maximum atomic E-state index is 15.1. The van der Waals surface area contributed by atoms with E-state index in [1.807, 2.05) is 20.8 Å². The summed E-state index contributed by atoms with van der Waals surface area (Å²) in [6.07, 6.45) is -10.3. The zero-order valence-corrected chi connectivity index (χ0v) is 28.1. The SMILES string of the molecule is CCCC(C)(C)Nc1ccc(C(c2ccc(NC(=O)C(F)(F)c3ccc(C(F)(F)C(=O)C(C)(C)CC)cc3)cc2)(C(F)(F)F)C(F)(F)F)cc1. The molecule has 1 amide bonds. The minimum absolute atomic E-state index is 0.0781. The number of rotatable bonds is 13. The number of Topliss-reactive ketones (excluding diaryl/α,β-unsaturated/α-hetero) is 1. The minimum atomic E-state index is -5.92. The number of hydrogen-bond donors (Lipinski definition) is 2. The number of benzene rings is 3. The summed E-state index contributed by atoms with van der Waals surface area (Å²) in [5.74, 6) is -11.9. The van der Waals surface area contributed by atoms with Gasteiger partial charge >= 0.3 is 24.2 Å². The van der Waals surface area contributed by atoms with Gasteiger partial charge in [0.05, 0.1) is 0 Å². The molecular formula is C36H38F10N2O2. The van der Waals surface area contributed by atoms with Crippen molar-refractivity contribution in [1.29, 1.82) is 0 Å². The van der Waals surface area contributed by atoms with Crippen molar-refractivity contribution in [1.82, 2.24) is 0 Å². The summed E-state index contributed by atoms with van der Waals surface area (Å²) in [7, 11) is 0. The molecule has 0 fully saturated rings. The number of amides is 1. The van der Waals surface area contributed by atoms with Crippen LogP contribution in [0.2, 0.25) is 0 Å². The number of halogens is 10. The molecule has 0 unspecified atom stereocenters. The molecule has 0 aliphatic rings. The third kappa shape index (κ3) is 7.78. The molecule has 0 saturated heterocycles. The maximum Gasteiger partial charge on any atom is 0.411 e. The van der Waals surface area contributed by atoms with Gasteiger partial charge in [-0.05, 0) is 62.1 Å². The van der Waals surface area contributed by atoms with E-state index in [0.29, 0.717) is 72.8 Å². The predicted molar refractivity (Wildman–Crippen MR) is 170 cm³/mol. The van der Waals surface area contributed by atoms with Gasteiger partial charge in [-0.2, -0.15) is 43.9 Å². The van der Waals surface area contributed by atoms with Crippen molar-refractivity contribution in [2.75, 3.05) is 10.6 Å². The molecule has 3 aromatic carbocycles. The van der Waals surface area contributed by atoms with Gasteiger partial charge in [0.2, 0.25) is 11.2 Å². The molecule has 0 spiro atoms. The molecule has 0 aliphatic carbocycles. The number of alkyl halides is 10. The molecule has 0 radical (unpaired) electrons. The first-order valence-corrected chi connectivity index (χ1v) is 15.6. The predicted octanol–water partition coefficient (Wildman–Crippen LogP) is 10.9. The second-order valence-electron chi connectivity index (χ2n) is 13.4. The van der Waals surface area contributed by atoms with Crippen LogP contribution in [0.15, 0.2) is 72.8 Å². The molecule has 2 N–H and O–H groups in total. The van der Waals surface area contributed by atoms with Crippen LogP contribution >= 0.6 is 0 Å². The first-order chi connectivity index (χ1) is 22.8. The van der Waals surface area contributed by atoms with E-state index < -0.39 is 80.2 Å². The Balaban J connectivity index is 1.93. The molecule has 3 rings (SSSR count). The fourth-order valence-electron chi connectivity index (χ4n) is 5.61. The van der Waals surface area contributed by atoms with Gasteiger partial charge < -0.3 is 10.6 Å². The highest BCUT2D eigenvalue weighted by Gasteiger charge is 2.72. The largest absolute Gasteiger partial charge is 0.411 e. The van der Waals surface area contributed by atoms with Crippen LogP contribution in [0, 0.1) is 5.41 Å². The van der Waals surface area contributed by atoms with Crippen LogP contribution in [0.3, 0.4) is 0 Å². The fourth-order valence-corrected chi connectivity index (χ4v) is 5.61. The Morgan fingerprint density at radius 3 is 1.32 bits per heavy atom. The quantitative estimate of drug-likeness (QED) is 0.173. The van der Waals surface area contributed by atoms with Crippen LogP contribution in [0.5, 0.6) is 0 Å². The van der Waals surface area contributed by atoms with Crippen molar-refractivity contribution in [2.24, 2.45) is 5.41 Å². The van der Waals surface area contributed by atoms with E-state index in [-0.39, 0.29) is 6.42 Å². The summed E-state index contributed by atoms with van der Waals surface area (Å²) in [5.41, 5.74) is -11.1. The number of ketones is 1. The maximum absolute atomic E-state index is 15.1. The Kier molecular flexibility index (Phi) is 11.2. The van der Waals surface area contributed by atoms with Crippen molar-refractivity contribution in [3.05, 3.63) is 95.1 Å². The zero-order chi connectivity index (χ0) is 38.1. The zero-order valence-electron chi connectivity index (χ0n) is 28.1. The van der Waals surface area contributed by atoms with Gasteiger partial charge in [-0.25, -0.2) is 0 Å². The average Bonchev–Trinajstić information content (AvgIpc) is 3.01. The molecule has 0 heterocycles. The number of anilines is 2. The fraction of sp³-hybridized carbons (Fsp3) is 0.444. The van der Waals surface area contributed by atoms with Crippen LogP contribution < -0.4 is 10.6 Å². The van der Waals surface area contributed by atoms with Gasteiger partial charge in [0.1, 0.15) is 0 Å². The highest BCUT2D eigenvalue weighted by atomic mass is 19.4. The summed E-state index contributed by atoms with van der Waals surface area (Å²) in [6, 6.07) is 7.89. The Hall–Kier alpha value is -4.10. The van der Waals surface area contributed by atoms with Gasteiger partial charge in [-0.1, -0.05) is 82.6 Å². The van der Waals surface area contributed by atoms with E-state index in [4.69, 9.17) is 0 Å². The normalized spacial score (nSPS) is 13.6. The monoisotopic (exact) mass is 720 g/mol. The molecule has 4 nitrogen and oxygen atoms in total. The lowest BCUT2D eigenvalue weighted by molar-refractivity contribution is -0.288. The average molecular weight is 721 g/mol. The molecule has 0 aliphatic heterocycles. The van der Waals surface area contributed by atoms with Crippen molar-refractivity contribution < 1.29 is 53.5 Å². The van der Waals surface area contributed by atoms with Crippen LogP contribution in [0.25, 0.3) is 0 Å². The number of carbonyl (C=O) groups excluding carboxylic acids is 2. The van der Waals surface area contributed by atoms with Gasteiger partial charge in [0.15, 0.2) is 0 Å². The van der Waals surface area contributed by atoms with Crippen LogP contribution in [-0.2, 0) is 26.8 Å². The molecule has 0 aromatic heterocycles. The van der Waals surface area contributed by atoms with Gasteiger partial charge in [0.25, 0.3) is 5.91 Å². The molecule has 50 heavy (non-hydrogen) atoms. The van der Waals surface area contributed by atoms with E-state index in [9.17, 15) is 44.7 Å². The minimum Gasteiger partial charge on any atom is -0.380 e. The third-order valence-corrected chi connectivity index (χ3v) is 8.78. The molecule has 0 bridgehead atoms. The van der Waals surface area contributed by atoms with E-state index in [0.717, 1.165) is 18.6 Å². The summed E-state index contributed by atoms with van der Waals surface area (Å²) in [4.78, 5) is 24.9. The number of nitrogens with one attached hydrogen (secondary N) is 2. The Morgan fingerprint density at radius 2 is 0.940 bits per heavy atom. The lowest BCUT2D eigenvalue weighted by atomic mass is 9.73. The Bertz CT molecular complexity index is 1630. The number of hydrogen-bond acceptors (Lipinski definition) is 3. The first-order valence-electron chi connectivity index (χ1n) is 15.6. The lowest BCUT2D eigenvalue weighted by Crippen LogP contribution is -2.54. The van der Waals surface area contributed by atoms with E-state index in [1.54, 1.807) is 5.32 Å². The molecular weight excluding hydrogens is 682 g/mol. The molecule has 0 saturated carbocycles. The van der Waals surface area contributed by atoms with Crippen LogP contribution in [-0.4, -0.2) is 29.6 Å². The van der Waals surface area contributed by atoms with E-state index >= 15 is 8.78 Å². The molecule has 14 heteroatoms. The summed E-state index contributed by atoms with van der Waals surface area (Å²) in [5, 5.41) is 4.82. The smallest absolute Gasteiger partial charge is 0.380 e. The number of carbonyl (C=O) groups is 2. The summed E-state index contributed by atoms with van der Waals surface area (Å²) in [6.45, 7) is 9.71. The standard InChI is InChI=1S/C36H38F10N2O2/c1-7-21-31(5,6)48-27-19-15-23(16-20-27)32(35(41,42)43,36(44,45)46)22-13-17-26(18-14-22)47-29(50)34(39,40)25-11-9-24(10-12-25)33(37,38)28(49)30(3,4)8-2/h9-20,48H,7-8,21H2,1-6H3,(H,47,50). The lowest BCUT2D eigenvalue weighted by Gasteiger charge is -2.38. The molecule has 274 valence electrons. The van der Waals surface area contributed by atoms with Crippen molar-refractivity contribution in [3.63, 3.8) is 0 Å². The van der Waals surface area contributed by atoms with Gasteiger partial charge in [-0.3, -0.25) is 9.59 Å². The topological polar surface area (TPSA) is 58.2 Å². The summed E-state index contributed by atoms with van der Waals surface area (Å²) < 4.78 is 148. The second-order valence-corrected chi connectivity index (χ2v) is 13.4. The van der Waals surface area contributed by atoms with E-state index in [2.05, 4.69) is 5.32 Å². The summed E-state index contributed by atoms with van der Waals surface area (Å²) >= 11 is 0.